The van der Waals surface area contributed by atoms with Gasteiger partial charge in [0.2, 0.25) is 5.91 Å². The van der Waals surface area contributed by atoms with E-state index >= 15 is 0 Å². The van der Waals surface area contributed by atoms with Crippen LogP contribution in [0.15, 0.2) is 53.6 Å². The lowest BCUT2D eigenvalue weighted by Gasteiger charge is -2.28. The molecule has 0 saturated carbocycles. The highest BCUT2D eigenvalue weighted by molar-refractivity contribution is 5.91. The van der Waals surface area contributed by atoms with E-state index in [9.17, 15) is 14.0 Å². The molecule has 1 saturated heterocycles. The Balaban J connectivity index is 1.44. The largest absolute Gasteiger partial charge is 0.378 e. The van der Waals surface area contributed by atoms with Crippen LogP contribution in [0.3, 0.4) is 0 Å². The van der Waals surface area contributed by atoms with Crippen LogP contribution in [0.2, 0.25) is 0 Å². The number of hydrogen-bond donors (Lipinski definition) is 1. The van der Waals surface area contributed by atoms with E-state index < -0.39 is 5.82 Å². The van der Waals surface area contributed by atoms with E-state index in [0.717, 1.165) is 18.8 Å². The summed E-state index contributed by atoms with van der Waals surface area (Å²) >= 11 is 0. The van der Waals surface area contributed by atoms with Crippen LogP contribution in [0, 0.1) is 5.82 Å². The van der Waals surface area contributed by atoms with Gasteiger partial charge >= 0.3 is 0 Å². The molecule has 0 unspecified atom stereocenters. The molecule has 144 valence electrons. The van der Waals surface area contributed by atoms with Crippen molar-refractivity contribution in [3.05, 3.63) is 65.0 Å². The summed E-state index contributed by atoms with van der Waals surface area (Å²) in [6.07, 6.45) is 1.26. The molecule has 28 heavy (non-hydrogen) atoms. The molecule has 1 aromatic heterocycles. The molecule has 3 aromatic rings. The standard InChI is InChI=1S/C20H19FN4O3/c21-14-1-6-17-18(11-14)22-13-25(20(17)27)12-19(26)23-15-2-4-16(5-3-15)24-7-9-28-10-8-24/h1-6,11,13H,7-10,12H2,(H,23,26). The number of benzene rings is 2. The second-order valence-electron chi connectivity index (χ2n) is 6.53. The maximum absolute atomic E-state index is 13.2. The summed E-state index contributed by atoms with van der Waals surface area (Å²) in [5, 5.41) is 3.05. The van der Waals surface area contributed by atoms with E-state index in [2.05, 4.69) is 15.2 Å². The van der Waals surface area contributed by atoms with Crippen LogP contribution in [-0.2, 0) is 16.1 Å². The quantitative estimate of drug-likeness (QED) is 0.747. The van der Waals surface area contributed by atoms with E-state index in [1.165, 1.54) is 29.1 Å². The minimum Gasteiger partial charge on any atom is -0.378 e. The lowest BCUT2D eigenvalue weighted by atomic mass is 10.2. The van der Waals surface area contributed by atoms with Crippen molar-refractivity contribution in [1.82, 2.24) is 9.55 Å². The Labute approximate surface area is 160 Å². The van der Waals surface area contributed by atoms with Gasteiger partial charge in [0.15, 0.2) is 0 Å². The number of halogens is 1. The molecule has 2 aromatic carbocycles. The van der Waals surface area contributed by atoms with Gasteiger partial charge in [-0.15, -0.1) is 0 Å². The number of amides is 1. The summed E-state index contributed by atoms with van der Waals surface area (Å²) in [4.78, 5) is 31.1. The van der Waals surface area contributed by atoms with E-state index in [-0.39, 0.29) is 28.9 Å². The Morgan fingerprint density at radius 3 is 2.64 bits per heavy atom. The smallest absolute Gasteiger partial charge is 0.261 e. The monoisotopic (exact) mass is 382 g/mol. The number of morpholine rings is 1. The number of fused-ring (bicyclic) bond motifs is 1. The topological polar surface area (TPSA) is 76.5 Å². The Kier molecular flexibility index (Phi) is 5.03. The number of nitrogens with one attached hydrogen (secondary N) is 1. The summed E-state index contributed by atoms with van der Waals surface area (Å²) in [6.45, 7) is 2.92. The van der Waals surface area contributed by atoms with Crippen molar-refractivity contribution in [2.24, 2.45) is 0 Å². The van der Waals surface area contributed by atoms with Crippen LogP contribution >= 0.6 is 0 Å². The van der Waals surface area contributed by atoms with Crippen LogP contribution in [-0.4, -0.2) is 41.8 Å². The highest BCUT2D eigenvalue weighted by Crippen LogP contribution is 2.19. The normalized spacial score (nSPS) is 14.2. The van der Waals surface area contributed by atoms with Crippen LogP contribution in [0.1, 0.15) is 0 Å². The maximum Gasteiger partial charge on any atom is 0.261 e. The lowest BCUT2D eigenvalue weighted by Crippen LogP contribution is -2.36. The summed E-state index contributed by atoms with van der Waals surface area (Å²) in [5.41, 5.74) is 1.59. The fourth-order valence-electron chi connectivity index (χ4n) is 3.18. The maximum atomic E-state index is 13.2. The molecular formula is C20H19FN4O3. The van der Waals surface area contributed by atoms with Crippen LogP contribution in [0.5, 0.6) is 0 Å². The first-order valence-electron chi connectivity index (χ1n) is 8.97. The molecule has 0 spiro atoms. The fraction of sp³-hybridized carbons (Fsp3) is 0.250. The van der Waals surface area contributed by atoms with Crippen molar-refractivity contribution in [3.63, 3.8) is 0 Å². The molecule has 4 rings (SSSR count). The van der Waals surface area contributed by atoms with Crippen molar-refractivity contribution >= 4 is 28.2 Å². The van der Waals surface area contributed by atoms with Crippen molar-refractivity contribution < 1.29 is 13.9 Å². The molecule has 1 aliphatic rings. The molecule has 0 atom stereocenters. The molecule has 8 heteroatoms. The molecule has 1 aliphatic heterocycles. The van der Waals surface area contributed by atoms with E-state index in [4.69, 9.17) is 4.74 Å². The first kappa shape index (κ1) is 18.1. The number of aromatic nitrogens is 2. The third-order valence-corrected chi connectivity index (χ3v) is 4.63. The summed E-state index contributed by atoms with van der Waals surface area (Å²) in [7, 11) is 0. The van der Waals surface area contributed by atoms with Crippen LogP contribution in [0.25, 0.3) is 10.9 Å². The first-order valence-corrected chi connectivity index (χ1v) is 8.97. The first-order chi connectivity index (χ1) is 13.6. The van der Waals surface area contributed by atoms with E-state index in [0.29, 0.717) is 18.9 Å². The predicted octanol–water partition coefficient (Wildman–Crippen LogP) is 2.01. The van der Waals surface area contributed by atoms with Crippen molar-refractivity contribution in [3.8, 4) is 0 Å². The fourth-order valence-corrected chi connectivity index (χ4v) is 3.18. The van der Waals surface area contributed by atoms with Gasteiger partial charge in [0.05, 0.1) is 30.4 Å². The summed E-state index contributed by atoms with van der Waals surface area (Å²) in [6, 6.07) is 11.3. The molecule has 0 radical (unpaired) electrons. The zero-order valence-corrected chi connectivity index (χ0v) is 15.1. The van der Waals surface area contributed by atoms with E-state index in [1.807, 2.05) is 24.3 Å². The highest BCUT2D eigenvalue weighted by atomic mass is 19.1. The average molecular weight is 382 g/mol. The number of hydrogen-bond acceptors (Lipinski definition) is 5. The van der Waals surface area contributed by atoms with Crippen LogP contribution in [0.4, 0.5) is 15.8 Å². The lowest BCUT2D eigenvalue weighted by molar-refractivity contribution is -0.116. The van der Waals surface area contributed by atoms with Gasteiger partial charge in [-0.05, 0) is 36.4 Å². The van der Waals surface area contributed by atoms with Gasteiger partial charge in [0.25, 0.3) is 5.56 Å². The number of anilines is 2. The molecule has 1 amide bonds. The van der Waals surface area contributed by atoms with Gasteiger partial charge in [0.1, 0.15) is 12.4 Å². The van der Waals surface area contributed by atoms with Gasteiger partial charge in [-0.3, -0.25) is 14.2 Å². The molecule has 1 fully saturated rings. The van der Waals surface area contributed by atoms with Crippen molar-refractivity contribution in [1.29, 1.82) is 0 Å². The third kappa shape index (κ3) is 3.86. The second kappa shape index (κ2) is 7.77. The molecule has 1 N–H and O–H groups in total. The van der Waals surface area contributed by atoms with Gasteiger partial charge in [-0.1, -0.05) is 0 Å². The molecule has 0 aliphatic carbocycles. The average Bonchev–Trinajstić information content (AvgIpc) is 2.71. The minimum absolute atomic E-state index is 0.176. The van der Waals surface area contributed by atoms with Gasteiger partial charge < -0.3 is 15.0 Å². The molecular weight excluding hydrogens is 363 g/mol. The van der Waals surface area contributed by atoms with Crippen LogP contribution < -0.4 is 15.8 Å². The Morgan fingerprint density at radius 2 is 1.89 bits per heavy atom. The molecule has 7 nitrogen and oxygen atoms in total. The SMILES string of the molecule is O=C(Cn1cnc2cc(F)ccc2c1=O)Nc1ccc(N2CCOCC2)cc1. The Hall–Kier alpha value is -3.26. The predicted molar refractivity (Wildman–Crippen MR) is 104 cm³/mol. The summed E-state index contributed by atoms with van der Waals surface area (Å²) < 4.78 is 19.8. The zero-order valence-electron chi connectivity index (χ0n) is 15.1. The number of carbonyl (C=O) groups excluding carboxylic acids is 1. The van der Waals surface area contributed by atoms with Gasteiger partial charge in [-0.2, -0.15) is 0 Å². The van der Waals surface area contributed by atoms with Crippen molar-refractivity contribution in [2.75, 3.05) is 36.5 Å². The number of carbonyl (C=O) groups is 1. The van der Waals surface area contributed by atoms with Gasteiger partial charge in [0, 0.05) is 30.5 Å². The second-order valence-corrected chi connectivity index (χ2v) is 6.53. The third-order valence-electron chi connectivity index (χ3n) is 4.63. The molecule has 2 heterocycles. The minimum atomic E-state index is -0.463. The van der Waals surface area contributed by atoms with Crippen molar-refractivity contribution in [2.45, 2.75) is 6.54 Å². The number of nitrogens with zero attached hydrogens (tertiary/aromatic N) is 3. The Bertz CT molecular complexity index is 1060. The highest BCUT2D eigenvalue weighted by Gasteiger charge is 2.12. The zero-order chi connectivity index (χ0) is 19.5. The Morgan fingerprint density at radius 1 is 1.14 bits per heavy atom. The van der Waals surface area contributed by atoms with E-state index in [1.54, 1.807) is 0 Å². The molecule has 0 bridgehead atoms. The number of ether oxygens (including phenoxy) is 1. The van der Waals surface area contributed by atoms with Gasteiger partial charge in [-0.25, -0.2) is 9.37 Å². The number of rotatable bonds is 4. The summed E-state index contributed by atoms with van der Waals surface area (Å²) in [5.74, 6) is -0.806.